The zero-order valence-electron chi connectivity index (χ0n) is 15.9. The predicted molar refractivity (Wildman–Crippen MR) is 122 cm³/mol. The fourth-order valence-corrected chi connectivity index (χ4v) is 4.31. The van der Waals surface area contributed by atoms with Gasteiger partial charge >= 0.3 is 0 Å². The average molecular weight is 419 g/mol. The highest BCUT2D eigenvalue weighted by Gasteiger charge is 2.13. The molecule has 1 N–H and O–H groups in total. The van der Waals surface area contributed by atoms with Crippen molar-refractivity contribution < 1.29 is 4.79 Å². The highest BCUT2D eigenvalue weighted by Crippen LogP contribution is 2.29. The summed E-state index contributed by atoms with van der Waals surface area (Å²) in [5.41, 5.74) is 4.50. The van der Waals surface area contributed by atoms with Crippen molar-refractivity contribution >= 4 is 45.9 Å². The Hall–Kier alpha value is -2.82. The van der Waals surface area contributed by atoms with Crippen LogP contribution < -0.4 is 5.32 Å². The van der Waals surface area contributed by atoms with E-state index in [1.165, 1.54) is 5.56 Å². The van der Waals surface area contributed by atoms with Gasteiger partial charge in [-0.1, -0.05) is 41.9 Å². The molecule has 0 unspecified atom stereocenters. The zero-order valence-corrected chi connectivity index (χ0v) is 17.4. The number of rotatable bonds is 5. The number of aromatic nitrogens is 1. The number of pyridine rings is 1. The summed E-state index contributed by atoms with van der Waals surface area (Å²) in [4.78, 5) is 18.2. The Kier molecular flexibility index (Phi) is 5.84. The molecule has 0 saturated carbocycles. The lowest BCUT2D eigenvalue weighted by atomic mass is 10.1. The number of nitrogens with one attached hydrogen (secondary N) is 1. The number of carbonyl (C=O) groups is 1. The van der Waals surface area contributed by atoms with E-state index in [2.05, 4.69) is 16.4 Å². The summed E-state index contributed by atoms with van der Waals surface area (Å²) in [5, 5.41) is 4.80. The van der Waals surface area contributed by atoms with Gasteiger partial charge in [0.15, 0.2) is 0 Å². The van der Waals surface area contributed by atoms with E-state index in [0.29, 0.717) is 10.6 Å². The number of fused-ring (bicyclic) bond motifs is 1. The Morgan fingerprint density at radius 3 is 2.69 bits per heavy atom. The lowest BCUT2D eigenvalue weighted by Crippen LogP contribution is -2.13. The smallest absolute Gasteiger partial charge is 0.256 e. The van der Waals surface area contributed by atoms with Crippen LogP contribution in [0.15, 0.2) is 83.9 Å². The maximum Gasteiger partial charge on any atom is 0.256 e. The van der Waals surface area contributed by atoms with Crippen molar-refractivity contribution in [3.8, 4) is 0 Å². The van der Waals surface area contributed by atoms with Gasteiger partial charge in [-0.15, -0.1) is 11.8 Å². The van der Waals surface area contributed by atoms with Gasteiger partial charge < -0.3 is 5.32 Å². The van der Waals surface area contributed by atoms with Gasteiger partial charge in [0.2, 0.25) is 0 Å². The van der Waals surface area contributed by atoms with Crippen LogP contribution in [-0.4, -0.2) is 10.9 Å². The topological polar surface area (TPSA) is 42.0 Å². The van der Waals surface area contributed by atoms with Crippen LogP contribution in [0.2, 0.25) is 5.02 Å². The number of para-hydroxylation sites is 1. The summed E-state index contributed by atoms with van der Waals surface area (Å²) in [6, 6.07) is 23.3. The number of hydrogen-bond donors (Lipinski definition) is 1. The van der Waals surface area contributed by atoms with Gasteiger partial charge in [-0.2, -0.15) is 0 Å². The van der Waals surface area contributed by atoms with Gasteiger partial charge in [0.05, 0.1) is 11.1 Å². The molecule has 0 aliphatic heterocycles. The van der Waals surface area contributed by atoms with Crippen LogP contribution in [0.1, 0.15) is 21.5 Å². The molecule has 4 aromatic rings. The highest BCUT2D eigenvalue weighted by atomic mass is 35.5. The van der Waals surface area contributed by atoms with Gasteiger partial charge in [0, 0.05) is 32.9 Å². The van der Waals surface area contributed by atoms with Crippen LogP contribution in [0.3, 0.4) is 0 Å². The van der Waals surface area contributed by atoms with E-state index >= 15 is 0 Å². The van der Waals surface area contributed by atoms with Crippen LogP contribution in [0.25, 0.3) is 10.9 Å². The molecular formula is C24H19ClN2OS. The molecule has 3 nitrogen and oxygen atoms in total. The third kappa shape index (κ3) is 4.44. The fourth-order valence-electron chi connectivity index (χ4n) is 3.14. The standard InChI is InChI=1S/C24H19ClN2OS/c1-16-14-18(10-11-21(16)25)27-24(28)20-7-3-5-9-23(20)29-15-17-12-13-26-22-8-4-2-6-19(17)22/h2-14H,15H2,1H3,(H,27,28). The Bertz CT molecular complexity index is 1190. The van der Waals surface area contributed by atoms with Crippen molar-refractivity contribution in [2.24, 2.45) is 0 Å². The molecule has 0 fully saturated rings. The van der Waals surface area contributed by atoms with E-state index in [0.717, 1.165) is 32.8 Å². The second kappa shape index (κ2) is 8.68. The summed E-state index contributed by atoms with van der Waals surface area (Å²) < 4.78 is 0. The van der Waals surface area contributed by atoms with Gasteiger partial charge in [-0.3, -0.25) is 9.78 Å². The predicted octanol–water partition coefficient (Wildman–Crippen LogP) is 6.74. The number of benzene rings is 3. The summed E-state index contributed by atoms with van der Waals surface area (Å²) in [6.07, 6.45) is 1.83. The fraction of sp³-hybridized carbons (Fsp3) is 0.0833. The SMILES string of the molecule is Cc1cc(NC(=O)c2ccccc2SCc2ccnc3ccccc23)ccc1Cl. The van der Waals surface area contributed by atoms with Crippen LogP contribution in [-0.2, 0) is 5.75 Å². The summed E-state index contributed by atoms with van der Waals surface area (Å²) in [7, 11) is 0. The summed E-state index contributed by atoms with van der Waals surface area (Å²) >= 11 is 7.73. The number of hydrogen-bond acceptors (Lipinski definition) is 3. The molecule has 0 atom stereocenters. The van der Waals surface area contributed by atoms with E-state index < -0.39 is 0 Å². The molecule has 0 aliphatic rings. The first kappa shape index (κ1) is 19.5. The number of halogens is 1. The molecule has 29 heavy (non-hydrogen) atoms. The molecule has 1 amide bonds. The minimum absolute atomic E-state index is 0.130. The van der Waals surface area contributed by atoms with E-state index in [4.69, 9.17) is 11.6 Å². The molecule has 0 spiro atoms. The first-order valence-corrected chi connectivity index (χ1v) is 10.6. The number of nitrogens with zero attached hydrogens (tertiary/aromatic N) is 1. The first-order valence-electron chi connectivity index (χ1n) is 9.24. The van der Waals surface area contributed by atoms with Crippen LogP contribution >= 0.6 is 23.4 Å². The molecule has 3 aromatic carbocycles. The maximum atomic E-state index is 12.9. The van der Waals surface area contributed by atoms with Crippen molar-refractivity contribution in [1.29, 1.82) is 0 Å². The molecule has 5 heteroatoms. The molecule has 0 saturated heterocycles. The normalized spacial score (nSPS) is 10.8. The number of aryl methyl sites for hydroxylation is 1. The van der Waals surface area contributed by atoms with Crippen molar-refractivity contribution in [1.82, 2.24) is 4.98 Å². The molecule has 0 bridgehead atoms. The monoisotopic (exact) mass is 418 g/mol. The lowest BCUT2D eigenvalue weighted by Gasteiger charge is -2.11. The average Bonchev–Trinajstić information content (AvgIpc) is 2.75. The quantitative estimate of drug-likeness (QED) is 0.365. The summed E-state index contributed by atoms with van der Waals surface area (Å²) in [5.74, 6) is 0.627. The lowest BCUT2D eigenvalue weighted by molar-refractivity contribution is 0.102. The Morgan fingerprint density at radius 2 is 1.83 bits per heavy atom. The molecule has 0 aliphatic carbocycles. The van der Waals surface area contributed by atoms with Crippen LogP contribution in [0.5, 0.6) is 0 Å². The molecular weight excluding hydrogens is 400 g/mol. The van der Waals surface area contributed by atoms with Gasteiger partial charge in [-0.05, 0) is 60.5 Å². The van der Waals surface area contributed by atoms with Crippen LogP contribution in [0, 0.1) is 6.92 Å². The zero-order chi connectivity index (χ0) is 20.2. The third-order valence-electron chi connectivity index (χ3n) is 4.67. The highest BCUT2D eigenvalue weighted by molar-refractivity contribution is 7.98. The Labute approximate surface area is 179 Å². The van der Waals surface area contributed by atoms with Crippen LogP contribution in [0.4, 0.5) is 5.69 Å². The van der Waals surface area contributed by atoms with Crippen molar-refractivity contribution in [3.63, 3.8) is 0 Å². The number of anilines is 1. The maximum absolute atomic E-state index is 12.9. The first-order chi connectivity index (χ1) is 14.1. The van der Waals surface area contributed by atoms with E-state index in [9.17, 15) is 4.79 Å². The molecule has 144 valence electrons. The second-order valence-electron chi connectivity index (χ2n) is 6.69. The largest absolute Gasteiger partial charge is 0.322 e. The van der Waals surface area contributed by atoms with Crippen molar-refractivity contribution in [3.05, 3.63) is 101 Å². The molecule has 0 radical (unpaired) electrons. The van der Waals surface area contributed by atoms with Crippen molar-refractivity contribution in [2.45, 2.75) is 17.6 Å². The minimum atomic E-state index is -0.130. The Morgan fingerprint density at radius 1 is 1.03 bits per heavy atom. The summed E-state index contributed by atoms with van der Waals surface area (Å²) in [6.45, 7) is 1.92. The molecule has 1 heterocycles. The third-order valence-corrected chi connectivity index (χ3v) is 6.22. The molecule has 4 rings (SSSR count). The van der Waals surface area contributed by atoms with E-state index in [1.807, 2.05) is 73.8 Å². The van der Waals surface area contributed by atoms with E-state index in [-0.39, 0.29) is 5.91 Å². The molecule has 1 aromatic heterocycles. The van der Waals surface area contributed by atoms with Crippen molar-refractivity contribution in [2.75, 3.05) is 5.32 Å². The van der Waals surface area contributed by atoms with Gasteiger partial charge in [0.1, 0.15) is 0 Å². The number of amides is 1. The Balaban J connectivity index is 1.55. The minimum Gasteiger partial charge on any atom is -0.322 e. The second-order valence-corrected chi connectivity index (χ2v) is 8.11. The van der Waals surface area contributed by atoms with Gasteiger partial charge in [-0.25, -0.2) is 0 Å². The number of carbonyl (C=O) groups excluding carboxylic acids is 1. The van der Waals surface area contributed by atoms with Gasteiger partial charge in [0.25, 0.3) is 5.91 Å². The van der Waals surface area contributed by atoms with E-state index in [1.54, 1.807) is 17.8 Å². The number of thioether (sulfide) groups is 1.